The van der Waals surface area contributed by atoms with E-state index in [9.17, 15) is 39.6 Å². The monoisotopic (exact) mass is 550 g/mol. The fourth-order valence-electron chi connectivity index (χ4n) is 4.54. The number of methoxy groups -OCH3 is 1. The van der Waals surface area contributed by atoms with Crippen molar-refractivity contribution in [1.29, 1.82) is 0 Å². The molecule has 0 bridgehead atoms. The number of nitrogens with zero attached hydrogens (tertiary/aromatic N) is 2. The summed E-state index contributed by atoms with van der Waals surface area (Å²) in [4.78, 5) is 13.8. The van der Waals surface area contributed by atoms with E-state index in [0.717, 1.165) is 37.4 Å². The van der Waals surface area contributed by atoms with Gasteiger partial charge in [0.05, 0.1) is 23.1 Å². The summed E-state index contributed by atoms with van der Waals surface area (Å²) >= 11 is 0. The molecular formula is C24H24F6N2O4S. The molecule has 1 saturated carbocycles. The van der Waals surface area contributed by atoms with Gasteiger partial charge in [0, 0.05) is 30.7 Å². The zero-order chi connectivity index (χ0) is 27.2. The number of rotatable bonds is 6. The number of carbonyl (C=O) groups is 1. The SMILES string of the molecule is COc1ccc(C(=O)N2CCC(N(C3CC3)S(=O)(=O)c3cccc(C(F)(F)F)c3)CC2)cc1C(F)(F)F. The highest BCUT2D eigenvalue weighted by atomic mass is 32.2. The lowest BCUT2D eigenvalue weighted by Crippen LogP contribution is -2.49. The number of hydrogen-bond donors (Lipinski definition) is 0. The quantitative estimate of drug-likeness (QED) is 0.465. The van der Waals surface area contributed by atoms with Crippen molar-refractivity contribution in [3.05, 3.63) is 59.2 Å². The Balaban J connectivity index is 1.51. The number of sulfonamides is 1. The first-order valence-electron chi connectivity index (χ1n) is 11.5. The summed E-state index contributed by atoms with van der Waals surface area (Å²) < 4.78 is 112. The minimum Gasteiger partial charge on any atom is -0.496 e. The number of halogens is 6. The van der Waals surface area contributed by atoms with Gasteiger partial charge in [-0.3, -0.25) is 4.79 Å². The third-order valence-electron chi connectivity index (χ3n) is 6.51. The lowest BCUT2D eigenvalue weighted by Gasteiger charge is -2.38. The molecule has 1 saturated heterocycles. The summed E-state index contributed by atoms with van der Waals surface area (Å²) in [5, 5.41) is 0. The molecule has 0 radical (unpaired) electrons. The molecule has 0 spiro atoms. The minimum atomic E-state index is -4.73. The first-order chi connectivity index (χ1) is 17.2. The Morgan fingerprint density at radius 3 is 2.08 bits per heavy atom. The van der Waals surface area contributed by atoms with Crippen LogP contribution in [0.3, 0.4) is 0 Å². The van der Waals surface area contributed by atoms with Crippen molar-refractivity contribution in [2.24, 2.45) is 0 Å². The van der Waals surface area contributed by atoms with E-state index in [4.69, 9.17) is 4.74 Å². The zero-order valence-corrected chi connectivity index (χ0v) is 20.5. The lowest BCUT2D eigenvalue weighted by molar-refractivity contribution is -0.139. The first kappa shape index (κ1) is 27.2. The van der Waals surface area contributed by atoms with Crippen LogP contribution in [0.4, 0.5) is 26.3 Å². The maximum atomic E-state index is 13.4. The van der Waals surface area contributed by atoms with Crippen LogP contribution in [0.2, 0.25) is 0 Å². The molecule has 6 nitrogen and oxygen atoms in total. The summed E-state index contributed by atoms with van der Waals surface area (Å²) in [5.74, 6) is -1.05. The number of piperidine rings is 1. The van der Waals surface area contributed by atoms with Crippen LogP contribution in [0.5, 0.6) is 5.75 Å². The standard InChI is InChI=1S/C24H24F6N2O4S/c1-36-21-8-5-15(13-20(21)24(28,29)30)22(33)31-11-9-18(10-12-31)32(17-6-7-17)37(34,35)19-4-2-3-16(14-19)23(25,26)27/h2-5,8,13-14,17-18H,6-7,9-12H2,1H3. The van der Waals surface area contributed by atoms with Gasteiger partial charge in [0.15, 0.2) is 0 Å². The predicted molar refractivity (Wildman–Crippen MR) is 120 cm³/mol. The maximum Gasteiger partial charge on any atom is 0.419 e. The molecule has 2 aliphatic rings. The second-order valence-corrected chi connectivity index (χ2v) is 10.9. The van der Waals surface area contributed by atoms with Gasteiger partial charge in [0.2, 0.25) is 10.0 Å². The van der Waals surface area contributed by atoms with E-state index >= 15 is 0 Å². The molecule has 0 atom stereocenters. The van der Waals surface area contributed by atoms with Gasteiger partial charge in [-0.15, -0.1) is 0 Å². The number of likely N-dealkylation sites (tertiary alicyclic amines) is 1. The molecule has 202 valence electrons. The number of benzene rings is 2. The second-order valence-electron chi connectivity index (χ2n) is 9.03. The fraction of sp³-hybridized carbons (Fsp3) is 0.458. The predicted octanol–water partition coefficient (Wildman–Crippen LogP) is 5.19. The molecule has 1 aliphatic heterocycles. The van der Waals surface area contributed by atoms with Crippen molar-refractivity contribution in [2.45, 2.75) is 55.0 Å². The highest BCUT2D eigenvalue weighted by Crippen LogP contribution is 2.39. The van der Waals surface area contributed by atoms with Crippen LogP contribution in [0, 0.1) is 0 Å². The van der Waals surface area contributed by atoms with Crippen molar-refractivity contribution in [1.82, 2.24) is 9.21 Å². The Labute approximate surface area is 209 Å². The lowest BCUT2D eigenvalue weighted by atomic mass is 10.0. The number of alkyl halides is 6. The average molecular weight is 551 g/mol. The molecule has 1 aliphatic carbocycles. The van der Waals surface area contributed by atoms with Gasteiger partial charge in [0.1, 0.15) is 5.75 Å². The Hall–Kier alpha value is -2.80. The van der Waals surface area contributed by atoms with Crippen LogP contribution < -0.4 is 4.74 Å². The van der Waals surface area contributed by atoms with Crippen LogP contribution in [0.25, 0.3) is 0 Å². The molecule has 1 amide bonds. The van der Waals surface area contributed by atoms with Gasteiger partial charge in [0.25, 0.3) is 5.91 Å². The average Bonchev–Trinajstić information content (AvgIpc) is 3.67. The minimum absolute atomic E-state index is 0.0816. The Kier molecular flexibility index (Phi) is 7.23. The maximum absolute atomic E-state index is 13.4. The smallest absolute Gasteiger partial charge is 0.419 e. The molecule has 4 rings (SSSR count). The second kappa shape index (κ2) is 9.82. The topological polar surface area (TPSA) is 66.9 Å². The Bertz CT molecular complexity index is 1270. The molecule has 2 aromatic rings. The van der Waals surface area contributed by atoms with Gasteiger partial charge >= 0.3 is 12.4 Å². The number of ether oxygens (including phenoxy) is 1. The molecule has 0 aromatic heterocycles. The van der Waals surface area contributed by atoms with Gasteiger partial charge in [-0.2, -0.15) is 30.6 Å². The largest absolute Gasteiger partial charge is 0.496 e. The van der Waals surface area contributed by atoms with Crippen LogP contribution in [0.1, 0.15) is 47.2 Å². The van der Waals surface area contributed by atoms with E-state index in [0.29, 0.717) is 18.9 Å². The third kappa shape index (κ3) is 5.71. The van der Waals surface area contributed by atoms with E-state index in [1.165, 1.54) is 15.3 Å². The van der Waals surface area contributed by atoms with Gasteiger partial charge in [-0.1, -0.05) is 6.07 Å². The highest BCUT2D eigenvalue weighted by Gasteiger charge is 2.44. The number of hydrogen-bond acceptors (Lipinski definition) is 4. The molecule has 13 heteroatoms. The molecule has 0 N–H and O–H groups in total. The van der Waals surface area contributed by atoms with Crippen LogP contribution >= 0.6 is 0 Å². The van der Waals surface area contributed by atoms with E-state index in [2.05, 4.69) is 0 Å². The van der Waals surface area contributed by atoms with E-state index in [1.54, 1.807) is 0 Å². The molecule has 2 aromatic carbocycles. The third-order valence-corrected chi connectivity index (χ3v) is 8.51. The Morgan fingerprint density at radius 1 is 0.919 bits per heavy atom. The van der Waals surface area contributed by atoms with Crippen LogP contribution in [-0.4, -0.2) is 55.8 Å². The normalized spacial score (nSPS) is 17.8. The summed E-state index contributed by atoms with van der Waals surface area (Å²) in [7, 11) is -3.16. The van der Waals surface area contributed by atoms with Crippen molar-refractivity contribution >= 4 is 15.9 Å². The molecular weight excluding hydrogens is 526 g/mol. The van der Waals surface area contributed by atoms with Crippen LogP contribution in [0.15, 0.2) is 47.4 Å². The molecule has 1 heterocycles. The van der Waals surface area contributed by atoms with Crippen molar-refractivity contribution < 1.29 is 44.3 Å². The molecule has 37 heavy (non-hydrogen) atoms. The van der Waals surface area contributed by atoms with E-state index in [-0.39, 0.29) is 37.5 Å². The van der Waals surface area contributed by atoms with Gasteiger partial charge in [-0.25, -0.2) is 8.42 Å². The van der Waals surface area contributed by atoms with Crippen molar-refractivity contribution in [2.75, 3.05) is 20.2 Å². The first-order valence-corrected chi connectivity index (χ1v) is 12.9. The van der Waals surface area contributed by atoms with Gasteiger partial charge in [-0.05, 0) is 62.1 Å². The summed E-state index contributed by atoms with van der Waals surface area (Å²) in [5.41, 5.74) is -2.33. The number of amides is 1. The molecule has 2 fully saturated rings. The van der Waals surface area contributed by atoms with E-state index in [1.807, 2.05) is 0 Å². The summed E-state index contributed by atoms with van der Waals surface area (Å²) in [6, 6.07) is 5.71. The fourth-order valence-corrected chi connectivity index (χ4v) is 6.52. The summed E-state index contributed by atoms with van der Waals surface area (Å²) in [6.45, 7) is 0.163. The van der Waals surface area contributed by atoms with Crippen LogP contribution in [-0.2, 0) is 22.4 Å². The van der Waals surface area contributed by atoms with E-state index < -0.39 is 56.1 Å². The summed E-state index contributed by atoms with van der Waals surface area (Å²) in [6.07, 6.45) is -7.88. The van der Waals surface area contributed by atoms with Gasteiger partial charge < -0.3 is 9.64 Å². The highest BCUT2D eigenvalue weighted by molar-refractivity contribution is 7.89. The van der Waals surface area contributed by atoms with Crippen molar-refractivity contribution in [3.8, 4) is 5.75 Å². The Morgan fingerprint density at radius 2 is 1.54 bits per heavy atom. The molecule has 0 unspecified atom stereocenters. The number of carbonyl (C=O) groups excluding carboxylic acids is 1. The zero-order valence-electron chi connectivity index (χ0n) is 19.6. The van der Waals surface area contributed by atoms with Crippen molar-refractivity contribution in [3.63, 3.8) is 0 Å².